The fraction of sp³-hybridized carbons (Fsp3) is 0.179. The van der Waals surface area contributed by atoms with Gasteiger partial charge in [-0.2, -0.15) is 23.3 Å². The van der Waals surface area contributed by atoms with Gasteiger partial charge < -0.3 is 9.84 Å². The van der Waals surface area contributed by atoms with Gasteiger partial charge in [-0.15, -0.1) is 0 Å². The first-order valence-corrected chi connectivity index (χ1v) is 11.4. The molecule has 3 aromatic carbocycles. The summed E-state index contributed by atoms with van der Waals surface area (Å²) in [6.07, 6.45) is -3.24. The number of aryl methyl sites for hydroxylation is 1. The molecule has 0 aromatic heterocycles. The minimum absolute atomic E-state index is 0.0427. The van der Waals surface area contributed by atoms with Crippen LogP contribution in [0.3, 0.4) is 0 Å². The molecule has 1 aliphatic rings. The van der Waals surface area contributed by atoms with Crippen LogP contribution < -0.4 is 9.75 Å². The molecule has 3 aromatic rings. The summed E-state index contributed by atoms with van der Waals surface area (Å²) in [5.41, 5.74) is 1.04. The zero-order valence-corrected chi connectivity index (χ0v) is 20.2. The van der Waals surface area contributed by atoms with Crippen molar-refractivity contribution in [2.45, 2.75) is 26.9 Å². The third-order valence-corrected chi connectivity index (χ3v) is 5.70. The first-order valence-electron chi connectivity index (χ1n) is 11.4. The number of carbonyl (C=O) groups excluding carboxylic acids is 1. The predicted octanol–water partition coefficient (Wildman–Crippen LogP) is 6.95. The highest BCUT2D eigenvalue weighted by Crippen LogP contribution is 2.36. The van der Waals surface area contributed by atoms with Crippen molar-refractivity contribution in [2.24, 2.45) is 11.0 Å². The Morgan fingerprint density at radius 2 is 1.68 bits per heavy atom. The van der Waals surface area contributed by atoms with Crippen LogP contribution in [0.15, 0.2) is 77.4 Å². The fourth-order valence-corrected chi connectivity index (χ4v) is 3.73. The van der Waals surface area contributed by atoms with E-state index in [1.807, 2.05) is 32.9 Å². The number of amides is 1. The SMILES string of the molecule is Cc1ccc(Oc2ccc(C(F)(F)F)cc2/C=C2\C(=O)N(c3ccc(C(=O)O)cc3)N=C2C(C)C)cc1. The number of rotatable bonds is 6. The molecule has 1 N–H and O–H groups in total. The summed E-state index contributed by atoms with van der Waals surface area (Å²) in [7, 11) is 0. The van der Waals surface area contributed by atoms with Crippen LogP contribution in [-0.4, -0.2) is 22.7 Å². The fourth-order valence-electron chi connectivity index (χ4n) is 3.73. The highest BCUT2D eigenvalue weighted by atomic mass is 19.4. The second-order valence-electron chi connectivity index (χ2n) is 8.83. The zero-order valence-electron chi connectivity index (χ0n) is 20.2. The Bertz CT molecular complexity index is 1410. The lowest BCUT2D eigenvalue weighted by molar-refractivity contribution is -0.137. The molecule has 0 aliphatic carbocycles. The molecule has 9 heteroatoms. The van der Waals surface area contributed by atoms with Gasteiger partial charge in [0.2, 0.25) is 0 Å². The molecule has 0 saturated carbocycles. The summed E-state index contributed by atoms with van der Waals surface area (Å²) < 4.78 is 46.5. The molecule has 1 amide bonds. The van der Waals surface area contributed by atoms with Crippen molar-refractivity contribution in [3.05, 3.63) is 94.6 Å². The van der Waals surface area contributed by atoms with Gasteiger partial charge in [0.15, 0.2) is 0 Å². The van der Waals surface area contributed by atoms with Crippen molar-refractivity contribution in [2.75, 3.05) is 5.01 Å². The minimum atomic E-state index is -4.60. The van der Waals surface area contributed by atoms with Gasteiger partial charge in [-0.25, -0.2) is 4.79 Å². The molecule has 0 unspecified atom stereocenters. The smallest absolute Gasteiger partial charge is 0.416 e. The standard InChI is InChI=1S/C28H23F3N2O4/c1-16(2)25-23(26(34)33(32-25)21-9-6-18(7-10-21)27(35)36)15-19-14-20(28(29,30)31)8-13-24(19)37-22-11-4-17(3)5-12-22/h4-16H,1-3H3,(H,35,36)/b23-15-. The van der Waals surface area contributed by atoms with E-state index >= 15 is 0 Å². The first-order chi connectivity index (χ1) is 17.4. The maximum Gasteiger partial charge on any atom is 0.416 e. The highest BCUT2D eigenvalue weighted by molar-refractivity contribution is 6.33. The number of anilines is 1. The molecule has 4 rings (SSSR count). The van der Waals surface area contributed by atoms with Crippen molar-refractivity contribution in [3.8, 4) is 11.5 Å². The van der Waals surface area contributed by atoms with Crippen molar-refractivity contribution in [3.63, 3.8) is 0 Å². The van der Waals surface area contributed by atoms with Crippen LogP contribution in [0.5, 0.6) is 11.5 Å². The van der Waals surface area contributed by atoms with Crippen LogP contribution in [0.2, 0.25) is 0 Å². The Labute approximate surface area is 211 Å². The maximum atomic E-state index is 13.5. The molecule has 0 spiro atoms. The summed E-state index contributed by atoms with van der Waals surface area (Å²) in [5.74, 6) is -1.32. The number of alkyl halides is 3. The van der Waals surface area contributed by atoms with Gasteiger partial charge in [-0.3, -0.25) is 4.79 Å². The molecule has 6 nitrogen and oxygen atoms in total. The van der Waals surface area contributed by atoms with E-state index in [-0.39, 0.29) is 28.4 Å². The highest BCUT2D eigenvalue weighted by Gasteiger charge is 2.34. The number of hydrogen-bond donors (Lipinski definition) is 1. The van der Waals surface area contributed by atoms with E-state index in [1.165, 1.54) is 36.4 Å². The normalized spacial score (nSPS) is 14.9. The third-order valence-electron chi connectivity index (χ3n) is 5.70. The number of aromatic carboxylic acids is 1. The van der Waals surface area contributed by atoms with E-state index in [0.29, 0.717) is 17.1 Å². The van der Waals surface area contributed by atoms with Crippen molar-refractivity contribution in [1.29, 1.82) is 0 Å². The number of hydrazone groups is 1. The average molecular weight is 508 g/mol. The number of nitrogens with zero attached hydrogens (tertiary/aromatic N) is 2. The summed E-state index contributed by atoms with van der Waals surface area (Å²) in [4.78, 5) is 24.6. The van der Waals surface area contributed by atoms with Gasteiger partial charge in [0.05, 0.1) is 28.1 Å². The lowest BCUT2D eigenvalue weighted by Crippen LogP contribution is -2.21. The lowest BCUT2D eigenvalue weighted by Gasteiger charge is -2.14. The first kappa shape index (κ1) is 25.7. The van der Waals surface area contributed by atoms with E-state index in [1.54, 1.807) is 12.1 Å². The molecule has 0 fully saturated rings. The Hall–Kier alpha value is -4.40. The van der Waals surface area contributed by atoms with Gasteiger partial charge >= 0.3 is 12.1 Å². The molecule has 1 heterocycles. The average Bonchev–Trinajstić information content (AvgIpc) is 3.17. The topological polar surface area (TPSA) is 79.2 Å². The summed E-state index contributed by atoms with van der Waals surface area (Å²) >= 11 is 0. The number of carbonyl (C=O) groups is 2. The van der Waals surface area contributed by atoms with E-state index in [4.69, 9.17) is 9.84 Å². The zero-order chi connectivity index (χ0) is 26.9. The number of halogens is 3. The van der Waals surface area contributed by atoms with Crippen LogP contribution in [-0.2, 0) is 11.0 Å². The van der Waals surface area contributed by atoms with Crippen molar-refractivity contribution in [1.82, 2.24) is 0 Å². The minimum Gasteiger partial charge on any atom is -0.478 e. The number of carboxylic acid groups (broad SMARTS) is 1. The molecule has 0 saturated heterocycles. The molecule has 190 valence electrons. The monoisotopic (exact) mass is 508 g/mol. The van der Waals surface area contributed by atoms with E-state index in [9.17, 15) is 22.8 Å². The van der Waals surface area contributed by atoms with Gasteiger partial charge in [0.25, 0.3) is 5.91 Å². The van der Waals surface area contributed by atoms with Crippen molar-refractivity contribution < 1.29 is 32.6 Å². The van der Waals surface area contributed by atoms with Crippen LogP contribution in [0, 0.1) is 12.8 Å². The largest absolute Gasteiger partial charge is 0.478 e. The second kappa shape index (κ2) is 9.93. The Balaban J connectivity index is 1.78. The maximum absolute atomic E-state index is 13.5. The van der Waals surface area contributed by atoms with Gasteiger partial charge in [0, 0.05) is 5.56 Å². The lowest BCUT2D eigenvalue weighted by atomic mass is 9.97. The third kappa shape index (κ3) is 5.55. The van der Waals surface area contributed by atoms with Crippen LogP contribution in [0.4, 0.5) is 18.9 Å². The van der Waals surface area contributed by atoms with Gasteiger partial charge in [-0.05, 0) is 73.5 Å². The van der Waals surface area contributed by atoms with Crippen molar-refractivity contribution >= 4 is 29.4 Å². The van der Waals surface area contributed by atoms with E-state index < -0.39 is 23.6 Å². The molecule has 0 bridgehead atoms. The molecule has 37 heavy (non-hydrogen) atoms. The van der Waals surface area contributed by atoms with Crippen LogP contribution in [0.1, 0.15) is 40.9 Å². The molecule has 1 aliphatic heterocycles. The van der Waals surface area contributed by atoms with E-state index in [2.05, 4.69) is 5.10 Å². The number of hydrogen-bond acceptors (Lipinski definition) is 4. The van der Waals surface area contributed by atoms with Gasteiger partial charge in [0.1, 0.15) is 11.5 Å². The predicted molar refractivity (Wildman–Crippen MR) is 134 cm³/mol. The second-order valence-corrected chi connectivity index (χ2v) is 8.83. The van der Waals surface area contributed by atoms with Gasteiger partial charge in [-0.1, -0.05) is 31.5 Å². The molecular formula is C28H23F3N2O4. The quantitative estimate of drug-likeness (QED) is 0.366. The Morgan fingerprint density at radius 1 is 1.03 bits per heavy atom. The van der Waals surface area contributed by atoms with Crippen LogP contribution >= 0.6 is 0 Å². The molecule has 0 atom stereocenters. The molecular weight excluding hydrogens is 485 g/mol. The van der Waals surface area contributed by atoms with E-state index in [0.717, 1.165) is 22.7 Å². The number of benzene rings is 3. The number of carboxylic acids is 1. The summed E-state index contributed by atoms with van der Waals surface area (Å²) in [6, 6.07) is 15.7. The Kier molecular flexibility index (Phi) is 6.89. The summed E-state index contributed by atoms with van der Waals surface area (Å²) in [6.45, 7) is 5.52. The summed E-state index contributed by atoms with van der Waals surface area (Å²) in [5, 5.41) is 14.6. The molecule has 0 radical (unpaired) electrons. The Morgan fingerprint density at radius 3 is 2.24 bits per heavy atom. The number of ether oxygens (including phenoxy) is 1. The van der Waals surface area contributed by atoms with Crippen LogP contribution in [0.25, 0.3) is 6.08 Å².